The van der Waals surface area contributed by atoms with Gasteiger partial charge in [-0.05, 0) is 25.8 Å². The van der Waals surface area contributed by atoms with Gasteiger partial charge in [-0.2, -0.15) is 0 Å². The first kappa shape index (κ1) is 14.6. The summed E-state index contributed by atoms with van der Waals surface area (Å²) >= 11 is 0. The lowest BCUT2D eigenvalue weighted by Crippen LogP contribution is -2.19. The van der Waals surface area contributed by atoms with Gasteiger partial charge in [0, 0.05) is 12.2 Å². The number of hydrogen-bond acceptors (Lipinski definition) is 5. The van der Waals surface area contributed by atoms with Crippen molar-refractivity contribution < 1.29 is 5.11 Å². The van der Waals surface area contributed by atoms with Crippen LogP contribution >= 0.6 is 0 Å². The first-order chi connectivity index (χ1) is 9.60. The summed E-state index contributed by atoms with van der Waals surface area (Å²) in [6.45, 7) is 6.81. The van der Waals surface area contributed by atoms with Crippen LogP contribution in [-0.4, -0.2) is 26.3 Å². The third-order valence-corrected chi connectivity index (χ3v) is 3.57. The van der Waals surface area contributed by atoms with Crippen molar-refractivity contribution in [2.24, 2.45) is 0 Å². The highest BCUT2D eigenvalue weighted by Crippen LogP contribution is 2.25. The quantitative estimate of drug-likeness (QED) is 0.701. The molecule has 0 amide bonds. The summed E-state index contributed by atoms with van der Waals surface area (Å²) in [5.74, 6) is 0.977. The molecule has 0 aliphatic rings. The zero-order valence-electron chi connectivity index (χ0n) is 12.4. The van der Waals surface area contributed by atoms with Gasteiger partial charge < -0.3 is 16.3 Å². The zero-order chi connectivity index (χ0) is 14.7. The number of aliphatic hydroxyl groups excluding tert-OH is 1. The second kappa shape index (κ2) is 6.09. The molecule has 2 aromatic heterocycles. The molecule has 0 atom stereocenters. The van der Waals surface area contributed by atoms with Gasteiger partial charge in [-0.15, -0.1) is 0 Å². The molecular weight excluding hydrogens is 254 g/mol. The molecule has 0 fully saturated rings. The van der Waals surface area contributed by atoms with Crippen molar-refractivity contribution in [1.82, 2.24) is 14.6 Å². The van der Waals surface area contributed by atoms with Crippen molar-refractivity contribution >= 4 is 16.9 Å². The smallest absolute Gasteiger partial charge is 0.154 e. The van der Waals surface area contributed by atoms with E-state index < -0.39 is 0 Å². The number of nitrogen functional groups attached to an aromatic ring is 1. The van der Waals surface area contributed by atoms with Gasteiger partial charge in [0.1, 0.15) is 12.1 Å². The summed E-state index contributed by atoms with van der Waals surface area (Å²) < 4.78 is 1.85. The Labute approximate surface area is 119 Å². The Morgan fingerprint density at radius 1 is 1.25 bits per heavy atom. The minimum atomic E-state index is -0.132. The largest absolute Gasteiger partial charge is 0.388 e. The monoisotopic (exact) mass is 277 g/mol. The summed E-state index contributed by atoms with van der Waals surface area (Å²) in [6.07, 6.45) is 3.43. The van der Waals surface area contributed by atoms with Gasteiger partial charge in [-0.1, -0.05) is 19.8 Å². The summed E-state index contributed by atoms with van der Waals surface area (Å²) in [5, 5.41) is 9.49. The molecule has 2 rings (SSSR count). The van der Waals surface area contributed by atoms with E-state index in [9.17, 15) is 5.11 Å². The second-order valence-electron chi connectivity index (χ2n) is 5.04. The van der Waals surface area contributed by atoms with Crippen LogP contribution in [-0.2, 0) is 6.61 Å². The maximum Gasteiger partial charge on any atom is 0.154 e. The molecule has 0 radical (unpaired) electrons. The van der Waals surface area contributed by atoms with Gasteiger partial charge >= 0.3 is 0 Å². The van der Waals surface area contributed by atoms with Crippen LogP contribution in [0.3, 0.4) is 0 Å². The van der Waals surface area contributed by atoms with Crippen LogP contribution in [0.5, 0.6) is 0 Å². The normalized spacial score (nSPS) is 11.2. The molecule has 2 aromatic rings. The molecule has 0 saturated heterocycles. The van der Waals surface area contributed by atoms with Gasteiger partial charge in [-0.3, -0.25) is 0 Å². The predicted octanol–water partition coefficient (Wildman–Crippen LogP) is 1.86. The molecule has 4 N–H and O–H groups in total. The summed E-state index contributed by atoms with van der Waals surface area (Å²) in [4.78, 5) is 8.69. The Morgan fingerprint density at radius 2 is 2.00 bits per heavy atom. The molecule has 6 heteroatoms. The van der Waals surface area contributed by atoms with Crippen LogP contribution < -0.4 is 11.2 Å². The molecule has 6 nitrogen and oxygen atoms in total. The van der Waals surface area contributed by atoms with Crippen LogP contribution in [0.15, 0.2) is 0 Å². The van der Waals surface area contributed by atoms with E-state index >= 15 is 0 Å². The Morgan fingerprint density at radius 3 is 2.65 bits per heavy atom. The number of fused-ring (bicyclic) bond motifs is 1. The lowest BCUT2D eigenvalue weighted by molar-refractivity contribution is 0.268. The number of aromatic nitrogens is 3. The Hall–Kier alpha value is -1.82. The average Bonchev–Trinajstić information content (AvgIpc) is 2.80. The number of hydrogen-bond donors (Lipinski definition) is 3. The highest BCUT2D eigenvalue weighted by atomic mass is 16.3. The number of nitrogens with zero attached hydrogens (tertiary/aromatic N) is 3. The van der Waals surface area contributed by atoms with Crippen molar-refractivity contribution in [3.8, 4) is 0 Å². The topological polar surface area (TPSA) is 89.0 Å². The minimum absolute atomic E-state index is 0.132. The van der Waals surface area contributed by atoms with E-state index in [1.54, 1.807) is 0 Å². The van der Waals surface area contributed by atoms with E-state index in [1.807, 2.05) is 18.5 Å². The zero-order valence-corrected chi connectivity index (χ0v) is 12.4. The lowest BCUT2D eigenvalue weighted by atomic mass is 10.2. The fourth-order valence-corrected chi connectivity index (χ4v) is 2.32. The van der Waals surface area contributed by atoms with E-state index in [1.165, 1.54) is 12.8 Å². The molecule has 0 bridgehead atoms. The van der Waals surface area contributed by atoms with E-state index in [0.717, 1.165) is 29.7 Å². The fourth-order valence-electron chi connectivity index (χ4n) is 2.32. The summed E-state index contributed by atoms with van der Waals surface area (Å²) in [7, 11) is 0. The van der Waals surface area contributed by atoms with Crippen LogP contribution in [0.1, 0.15) is 43.3 Å². The number of pyridine rings is 1. The van der Waals surface area contributed by atoms with Crippen molar-refractivity contribution in [2.75, 3.05) is 17.7 Å². The molecule has 0 aliphatic heterocycles. The van der Waals surface area contributed by atoms with E-state index in [-0.39, 0.29) is 6.61 Å². The maximum absolute atomic E-state index is 9.49. The predicted molar refractivity (Wildman–Crippen MR) is 81.1 cm³/mol. The van der Waals surface area contributed by atoms with Crippen LogP contribution in [0.4, 0.5) is 5.82 Å². The number of anilines is 1. The van der Waals surface area contributed by atoms with Crippen molar-refractivity contribution in [3.63, 3.8) is 0 Å². The molecule has 20 heavy (non-hydrogen) atoms. The molecule has 110 valence electrons. The highest BCUT2D eigenvalue weighted by Gasteiger charge is 2.16. The average molecular weight is 277 g/mol. The van der Waals surface area contributed by atoms with Gasteiger partial charge in [0.25, 0.3) is 0 Å². The maximum atomic E-state index is 9.49. The van der Waals surface area contributed by atoms with Crippen LogP contribution in [0, 0.1) is 13.8 Å². The lowest BCUT2D eigenvalue weighted by Gasteiger charge is -2.13. The van der Waals surface area contributed by atoms with Gasteiger partial charge in [-0.25, -0.2) is 14.6 Å². The highest BCUT2D eigenvalue weighted by molar-refractivity contribution is 5.88. The number of aryl methyl sites for hydroxylation is 2. The van der Waals surface area contributed by atoms with Crippen LogP contribution in [0.25, 0.3) is 11.0 Å². The Balaban J connectivity index is 2.45. The molecule has 2 heterocycles. The molecular formula is C14H23N5O. The molecule has 0 unspecified atom stereocenters. The fraction of sp³-hybridized carbons (Fsp3) is 0.571. The first-order valence-electron chi connectivity index (χ1n) is 7.08. The van der Waals surface area contributed by atoms with Crippen molar-refractivity contribution in [3.05, 3.63) is 17.1 Å². The number of imidazole rings is 1. The number of rotatable bonds is 6. The number of unbranched alkanes of at least 4 members (excludes halogenated alkanes) is 2. The number of nitrogens with one attached hydrogen (secondary N) is 1. The minimum Gasteiger partial charge on any atom is -0.388 e. The van der Waals surface area contributed by atoms with Crippen molar-refractivity contribution in [1.29, 1.82) is 0 Å². The molecule has 0 saturated carbocycles. The van der Waals surface area contributed by atoms with E-state index in [4.69, 9.17) is 5.73 Å². The molecule has 0 spiro atoms. The first-order valence-corrected chi connectivity index (χ1v) is 7.08. The van der Waals surface area contributed by atoms with Gasteiger partial charge in [0.2, 0.25) is 0 Å². The third-order valence-electron chi connectivity index (χ3n) is 3.57. The van der Waals surface area contributed by atoms with Gasteiger partial charge in [0.15, 0.2) is 11.6 Å². The number of nitrogens with two attached hydrogens (primary N) is 1. The Bertz CT molecular complexity index is 605. The SMILES string of the molecule is CCCCCNn1c(CO)nc2c(N)nc(C)c(C)c21. The van der Waals surface area contributed by atoms with Gasteiger partial charge in [0.05, 0.1) is 5.52 Å². The molecule has 0 aliphatic carbocycles. The Kier molecular flexibility index (Phi) is 4.44. The standard InChI is InChI=1S/C14H23N5O/c1-4-5-6-7-16-19-11(8-20)18-12-13(19)9(2)10(3)17-14(12)15/h16,20H,4-8H2,1-3H3,(H2,15,17). The van der Waals surface area contributed by atoms with E-state index in [2.05, 4.69) is 22.3 Å². The van der Waals surface area contributed by atoms with E-state index in [0.29, 0.717) is 17.2 Å². The third kappa shape index (κ3) is 2.56. The van der Waals surface area contributed by atoms with Crippen molar-refractivity contribution in [2.45, 2.75) is 46.6 Å². The summed E-state index contributed by atoms with van der Waals surface area (Å²) in [5.41, 5.74) is 12.8. The molecule has 0 aromatic carbocycles. The van der Waals surface area contributed by atoms with Crippen LogP contribution in [0.2, 0.25) is 0 Å². The second-order valence-corrected chi connectivity index (χ2v) is 5.04. The summed E-state index contributed by atoms with van der Waals surface area (Å²) in [6, 6.07) is 0. The number of aliphatic hydroxyl groups is 1.